The van der Waals surface area contributed by atoms with Crippen molar-refractivity contribution in [3.05, 3.63) is 54.1 Å². The van der Waals surface area contributed by atoms with Gasteiger partial charge in [-0.3, -0.25) is 9.78 Å². The summed E-state index contributed by atoms with van der Waals surface area (Å²) >= 11 is 0. The molecule has 0 N–H and O–H groups in total. The number of hydrogen-bond donors (Lipinski definition) is 0. The molecule has 7 heteroatoms. The average Bonchev–Trinajstić information content (AvgIpc) is 3.24. The molecule has 4 rings (SSSR count). The number of amides is 1. The summed E-state index contributed by atoms with van der Waals surface area (Å²) in [5.41, 5.74) is 1.57. The van der Waals surface area contributed by atoms with E-state index in [0.717, 1.165) is 5.56 Å². The highest BCUT2D eigenvalue weighted by Gasteiger charge is 2.48. The second-order valence-electron chi connectivity index (χ2n) is 6.07. The minimum absolute atomic E-state index is 0.0311. The molecule has 1 amide bonds. The third kappa shape index (κ3) is 2.88. The zero-order chi connectivity index (χ0) is 16.4. The van der Waals surface area contributed by atoms with Gasteiger partial charge in [0.25, 0.3) is 5.91 Å². The first-order valence-electron chi connectivity index (χ1n) is 7.99. The molecule has 0 bridgehead atoms. The first-order valence-corrected chi connectivity index (χ1v) is 7.99. The summed E-state index contributed by atoms with van der Waals surface area (Å²) in [6.07, 6.45) is 6.53. The van der Waals surface area contributed by atoms with Gasteiger partial charge in [-0.2, -0.15) is 10.2 Å². The fourth-order valence-electron chi connectivity index (χ4n) is 3.38. The van der Waals surface area contributed by atoms with Gasteiger partial charge in [0, 0.05) is 24.9 Å². The third-order valence-electron chi connectivity index (χ3n) is 4.63. The molecule has 4 heterocycles. The average molecular weight is 326 g/mol. The van der Waals surface area contributed by atoms with Crippen molar-refractivity contribution in [2.75, 3.05) is 19.8 Å². The second kappa shape index (κ2) is 6.62. The Kier molecular flexibility index (Phi) is 4.18. The molecule has 0 unspecified atom stereocenters. The minimum Gasteiger partial charge on any atom is -0.379 e. The van der Waals surface area contributed by atoms with Gasteiger partial charge in [-0.1, -0.05) is 6.07 Å². The number of likely N-dealkylation sites (tertiary alicyclic amines) is 1. The molecule has 24 heavy (non-hydrogen) atoms. The van der Waals surface area contributed by atoms with Crippen LogP contribution in [-0.4, -0.2) is 57.9 Å². The maximum atomic E-state index is 12.7. The number of ether oxygens (including phenoxy) is 2. The van der Waals surface area contributed by atoms with Gasteiger partial charge in [0.1, 0.15) is 0 Å². The maximum absolute atomic E-state index is 12.7. The molecule has 2 saturated heterocycles. The second-order valence-corrected chi connectivity index (χ2v) is 6.07. The van der Waals surface area contributed by atoms with E-state index in [0.29, 0.717) is 31.9 Å². The summed E-state index contributed by atoms with van der Waals surface area (Å²) in [6.45, 7) is 2.24. The number of hydrogen-bond acceptors (Lipinski definition) is 6. The number of carbonyl (C=O) groups is 1. The SMILES string of the molecule is O=C(c1ccnnc1)N1C[C@@H](OCc2cccnc2)[C@@H]2COC[C@@H]21. The molecular formula is C17H18N4O3. The smallest absolute Gasteiger partial charge is 0.255 e. The van der Waals surface area contributed by atoms with Gasteiger partial charge >= 0.3 is 0 Å². The van der Waals surface area contributed by atoms with Gasteiger partial charge in [0.05, 0.1) is 49.9 Å². The van der Waals surface area contributed by atoms with E-state index in [9.17, 15) is 4.79 Å². The predicted molar refractivity (Wildman–Crippen MR) is 84.0 cm³/mol. The van der Waals surface area contributed by atoms with Crippen LogP contribution >= 0.6 is 0 Å². The maximum Gasteiger partial charge on any atom is 0.255 e. The summed E-state index contributed by atoms with van der Waals surface area (Å²) in [6, 6.07) is 5.62. The van der Waals surface area contributed by atoms with Crippen LogP contribution in [0, 0.1) is 5.92 Å². The number of nitrogens with zero attached hydrogens (tertiary/aromatic N) is 4. The van der Waals surface area contributed by atoms with Crippen LogP contribution in [0.1, 0.15) is 15.9 Å². The van der Waals surface area contributed by atoms with E-state index in [1.165, 1.54) is 12.4 Å². The van der Waals surface area contributed by atoms with Crippen molar-refractivity contribution in [2.24, 2.45) is 5.92 Å². The summed E-state index contributed by atoms with van der Waals surface area (Å²) in [7, 11) is 0. The fraction of sp³-hybridized carbons (Fsp3) is 0.412. The molecule has 0 saturated carbocycles. The van der Waals surface area contributed by atoms with Crippen LogP contribution < -0.4 is 0 Å². The Morgan fingerprint density at radius 1 is 1.25 bits per heavy atom. The van der Waals surface area contributed by atoms with Gasteiger partial charge in [0.15, 0.2) is 0 Å². The molecule has 2 aromatic rings. The van der Waals surface area contributed by atoms with E-state index in [1.54, 1.807) is 18.5 Å². The molecule has 2 aliphatic heterocycles. The van der Waals surface area contributed by atoms with E-state index in [-0.39, 0.29) is 24.0 Å². The number of pyridine rings is 1. The Balaban J connectivity index is 1.46. The molecule has 2 aliphatic rings. The Bertz CT molecular complexity index is 697. The zero-order valence-corrected chi connectivity index (χ0v) is 13.1. The molecule has 7 nitrogen and oxygen atoms in total. The van der Waals surface area contributed by atoms with Gasteiger partial charge in [-0.05, 0) is 17.7 Å². The molecule has 0 radical (unpaired) electrons. The van der Waals surface area contributed by atoms with Crippen LogP contribution in [0.4, 0.5) is 0 Å². The summed E-state index contributed by atoms with van der Waals surface area (Å²) < 4.78 is 11.7. The number of aromatic nitrogens is 3. The monoisotopic (exact) mass is 326 g/mol. The van der Waals surface area contributed by atoms with Gasteiger partial charge in [-0.15, -0.1) is 0 Å². The van der Waals surface area contributed by atoms with Crippen molar-refractivity contribution >= 4 is 5.91 Å². The standard InChI is InChI=1S/C17H18N4O3/c22-17(13-3-5-19-20-7-13)21-8-16(14-10-23-11-15(14)21)24-9-12-2-1-4-18-6-12/h1-7,14-16H,8-11H2/t14-,15+,16-/m1/s1. The first-order chi connectivity index (χ1) is 11.8. The van der Waals surface area contributed by atoms with Crippen molar-refractivity contribution in [2.45, 2.75) is 18.8 Å². The Hall–Kier alpha value is -2.38. The van der Waals surface area contributed by atoms with Crippen LogP contribution in [-0.2, 0) is 16.1 Å². The van der Waals surface area contributed by atoms with E-state index in [2.05, 4.69) is 15.2 Å². The van der Waals surface area contributed by atoms with Gasteiger partial charge in [-0.25, -0.2) is 0 Å². The highest BCUT2D eigenvalue weighted by Crippen LogP contribution is 2.33. The summed E-state index contributed by atoms with van der Waals surface area (Å²) in [5.74, 6) is 0.165. The van der Waals surface area contributed by atoms with Crippen LogP contribution in [0.15, 0.2) is 43.0 Å². The summed E-state index contributed by atoms with van der Waals surface area (Å²) in [4.78, 5) is 18.7. The molecule has 3 atom stereocenters. The molecule has 0 spiro atoms. The molecule has 124 valence electrons. The molecule has 2 aromatic heterocycles. The predicted octanol–water partition coefficient (Wildman–Crippen LogP) is 0.928. The highest BCUT2D eigenvalue weighted by atomic mass is 16.5. The lowest BCUT2D eigenvalue weighted by Crippen LogP contribution is -2.38. The van der Waals surface area contributed by atoms with E-state index in [4.69, 9.17) is 9.47 Å². The lowest BCUT2D eigenvalue weighted by Gasteiger charge is -2.22. The quantitative estimate of drug-likeness (QED) is 0.832. The van der Waals surface area contributed by atoms with Gasteiger partial charge < -0.3 is 14.4 Å². The largest absolute Gasteiger partial charge is 0.379 e. The van der Waals surface area contributed by atoms with Crippen molar-refractivity contribution < 1.29 is 14.3 Å². The van der Waals surface area contributed by atoms with Crippen molar-refractivity contribution in [1.29, 1.82) is 0 Å². The zero-order valence-electron chi connectivity index (χ0n) is 13.1. The normalized spacial score (nSPS) is 25.7. The van der Waals surface area contributed by atoms with Crippen LogP contribution in [0.3, 0.4) is 0 Å². The number of rotatable bonds is 4. The Labute approximate surface area is 139 Å². The van der Waals surface area contributed by atoms with Crippen molar-refractivity contribution in [1.82, 2.24) is 20.1 Å². The number of fused-ring (bicyclic) bond motifs is 1. The van der Waals surface area contributed by atoms with Crippen LogP contribution in [0.25, 0.3) is 0 Å². The topological polar surface area (TPSA) is 77.4 Å². The van der Waals surface area contributed by atoms with Crippen molar-refractivity contribution in [3.63, 3.8) is 0 Å². The molecule has 0 aromatic carbocycles. The first kappa shape index (κ1) is 15.2. The molecule has 0 aliphatic carbocycles. The third-order valence-corrected chi connectivity index (χ3v) is 4.63. The van der Waals surface area contributed by atoms with Crippen LogP contribution in [0.2, 0.25) is 0 Å². The molecular weight excluding hydrogens is 308 g/mol. The minimum atomic E-state index is -0.0436. The van der Waals surface area contributed by atoms with Gasteiger partial charge in [0.2, 0.25) is 0 Å². The number of carbonyl (C=O) groups excluding carboxylic acids is 1. The molecule has 2 fully saturated rings. The van der Waals surface area contributed by atoms with Crippen molar-refractivity contribution in [3.8, 4) is 0 Å². The Morgan fingerprint density at radius 2 is 2.21 bits per heavy atom. The van der Waals surface area contributed by atoms with E-state index >= 15 is 0 Å². The lowest BCUT2D eigenvalue weighted by molar-refractivity contribution is 0.00925. The Morgan fingerprint density at radius 3 is 3.00 bits per heavy atom. The van der Waals surface area contributed by atoms with Crippen LogP contribution in [0.5, 0.6) is 0 Å². The fourth-order valence-corrected chi connectivity index (χ4v) is 3.38. The van der Waals surface area contributed by atoms with E-state index < -0.39 is 0 Å². The lowest BCUT2D eigenvalue weighted by atomic mass is 10.0. The summed E-state index contributed by atoms with van der Waals surface area (Å²) in [5, 5.41) is 7.51. The van der Waals surface area contributed by atoms with E-state index in [1.807, 2.05) is 17.0 Å². The highest BCUT2D eigenvalue weighted by molar-refractivity contribution is 5.94.